The molecular weight excluding hydrogens is 540 g/mol. The largest absolute Gasteiger partial charge is 0.438 e. The van der Waals surface area contributed by atoms with Crippen molar-refractivity contribution in [1.29, 1.82) is 0 Å². The van der Waals surface area contributed by atoms with E-state index in [1.165, 1.54) is 12.8 Å². The van der Waals surface area contributed by atoms with Crippen LogP contribution >= 0.6 is 15.9 Å². The minimum Gasteiger partial charge on any atom is -0.438 e. The molecule has 9 heteroatoms. The van der Waals surface area contributed by atoms with Gasteiger partial charge in [-0.25, -0.2) is 13.4 Å². The van der Waals surface area contributed by atoms with Crippen LogP contribution in [-0.2, 0) is 16.6 Å². The van der Waals surface area contributed by atoms with Crippen molar-refractivity contribution in [1.82, 2.24) is 9.55 Å². The molecule has 0 amide bonds. The third kappa shape index (κ3) is 5.08. The van der Waals surface area contributed by atoms with Crippen LogP contribution < -0.4 is 15.2 Å². The number of nitrogen functional groups attached to an aromatic ring is 1. The number of anilines is 2. The summed E-state index contributed by atoms with van der Waals surface area (Å²) in [6, 6.07) is 15.3. The number of sulfonamides is 1. The minimum atomic E-state index is -3.36. The molecule has 1 aliphatic carbocycles. The summed E-state index contributed by atoms with van der Waals surface area (Å²) in [5.74, 6) is 1.90. The Bertz CT molecular complexity index is 1540. The Hall–Kier alpha value is -3.04. The molecular formula is C27H29BrN4O3S. The van der Waals surface area contributed by atoms with Crippen LogP contribution in [0.25, 0.3) is 22.2 Å². The van der Waals surface area contributed by atoms with E-state index in [1.54, 1.807) is 12.3 Å². The highest BCUT2D eigenvalue weighted by atomic mass is 79.9. The Labute approximate surface area is 219 Å². The molecule has 0 radical (unpaired) electrons. The number of nitrogens with one attached hydrogen (secondary N) is 1. The molecule has 2 heterocycles. The van der Waals surface area contributed by atoms with Crippen molar-refractivity contribution in [2.75, 3.05) is 16.2 Å². The molecule has 0 unspecified atom stereocenters. The number of pyridine rings is 1. The molecule has 0 bridgehead atoms. The number of aryl methyl sites for hydroxylation is 1. The van der Waals surface area contributed by atoms with Gasteiger partial charge in [0, 0.05) is 35.4 Å². The highest BCUT2D eigenvalue weighted by Crippen LogP contribution is 2.43. The van der Waals surface area contributed by atoms with Crippen LogP contribution in [0, 0.1) is 12.8 Å². The fourth-order valence-electron chi connectivity index (χ4n) is 4.51. The average molecular weight is 570 g/mol. The van der Waals surface area contributed by atoms with E-state index in [1.807, 2.05) is 56.3 Å². The molecule has 0 saturated heterocycles. The van der Waals surface area contributed by atoms with Crippen molar-refractivity contribution in [2.24, 2.45) is 5.92 Å². The Kier molecular flexibility index (Phi) is 6.70. The predicted octanol–water partition coefficient (Wildman–Crippen LogP) is 6.71. The first-order chi connectivity index (χ1) is 17.3. The van der Waals surface area contributed by atoms with Crippen LogP contribution in [-0.4, -0.2) is 23.7 Å². The van der Waals surface area contributed by atoms with Crippen molar-refractivity contribution in [2.45, 2.75) is 39.7 Å². The van der Waals surface area contributed by atoms with Gasteiger partial charge in [0.05, 0.1) is 27.1 Å². The van der Waals surface area contributed by atoms with Gasteiger partial charge in [-0.05, 0) is 90.0 Å². The van der Waals surface area contributed by atoms with Gasteiger partial charge in [-0.15, -0.1) is 0 Å². The summed E-state index contributed by atoms with van der Waals surface area (Å²) in [7, 11) is -3.36. The summed E-state index contributed by atoms with van der Waals surface area (Å²) in [6.07, 6.45) is 4.66. The molecule has 4 aromatic rings. The van der Waals surface area contributed by atoms with Crippen LogP contribution in [0.2, 0.25) is 0 Å². The monoisotopic (exact) mass is 568 g/mol. The molecule has 5 rings (SSSR count). The first-order valence-corrected chi connectivity index (χ1v) is 14.5. The second-order valence-electron chi connectivity index (χ2n) is 9.34. The number of nitrogens with two attached hydrogens (primary N) is 1. The van der Waals surface area contributed by atoms with Crippen molar-refractivity contribution in [3.63, 3.8) is 0 Å². The van der Waals surface area contributed by atoms with Gasteiger partial charge in [-0.2, -0.15) is 0 Å². The van der Waals surface area contributed by atoms with E-state index in [4.69, 9.17) is 10.5 Å². The standard InChI is InChI=1S/C27H29BrN4O3S/c1-3-13-36(33,34)31-19-8-10-21(17(2)14-19)26-25(29)22-11-9-20(35-27-23(28)5-4-12-30-27)15-24(22)32(26)16-18-6-7-18/h4-5,8-12,14-15,18,31H,3,6-7,13,16,29H2,1-2H3. The smallest absolute Gasteiger partial charge is 0.233 e. The van der Waals surface area contributed by atoms with Gasteiger partial charge in [0.25, 0.3) is 0 Å². The SMILES string of the molecule is CCCS(=O)(=O)Nc1ccc(-c2c(N)c3ccc(Oc4ncccc4Br)cc3n2CC2CC2)c(C)c1. The van der Waals surface area contributed by atoms with Gasteiger partial charge in [0.15, 0.2) is 0 Å². The zero-order chi connectivity index (χ0) is 25.4. The fourth-order valence-corrected chi connectivity index (χ4v) is 5.97. The second-order valence-corrected chi connectivity index (χ2v) is 12.0. The third-order valence-electron chi connectivity index (χ3n) is 6.38. The van der Waals surface area contributed by atoms with Crippen LogP contribution in [0.3, 0.4) is 0 Å². The normalized spacial score (nSPS) is 13.8. The maximum Gasteiger partial charge on any atom is 0.233 e. The number of hydrogen-bond acceptors (Lipinski definition) is 5. The van der Waals surface area contributed by atoms with Gasteiger partial charge in [-0.3, -0.25) is 4.72 Å². The Balaban J connectivity index is 1.57. The van der Waals surface area contributed by atoms with E-state index in [9.17, 15) is 8.42 Å². The number of hydrogen-bond donors (Lipinski definition) is 2. The molecule has 2 aromatic heterocycles. The molecule has 2 aromatic carbocycles. The highest BCUT2D eigenvalue weighted by Gasteiger charge is 2.26. The maximum atomic E-state index is 12.2. The molecule has 0 spiro atoms. The Morgan fingerprint density at radius 1 is 1.19 bits per heavy atom. The van der Waals surface area contributed by atoms with E-state index in [-0.39, 0.29) is 5.75 Å². The lowest BCUT2D eigenvalue weighted by Gasteiger charge is -2.15. The highest BCUT2D eigenvalue weighted by molar-refractivity contribution is 9.10. The topological polar surface area (TPSA) is 99.2 Å². The summed E-state index contributed by atoms with van der Waals surface area (Å²) in [4.78, 5) is 4.31. The van der Waals surface area contributed by atoms with E-state index in [0.717, 1.165) is 38.7 Å². The lowest BCUT2D eigenvalue weighted by molar-refractivity contribution is 0.460. The lowest BCUT2D eigenvalue weighted by Crippen LogP contribution is -2.16. The quantitative estimate of drug-likeness (QED) is 0.233. The lowest BCUT2D eigenvalue weighted by atomic mass is 10.0. The molecule has 0 aliphatic heterocycles. The van der Waals surface area contributed by atoms with E-state index >= 15 is 0 Å². The maximum absolute atomic E-state index is 12.2. The van der Waals surface area contributed by atoms with Gasteiger partial charge in [0.1, 0.15) is 5.75 Å². The molecule has 188 valence electrons. The zero-order valence-electron chi connectivity index (χ0n) is 20.3. The van der Waals surface area contributed by atoms with Gasteiger partial charge in [0.2, 0.25) is 15.9 Å². The first kappa shape index (κ1) is 24.6. The second kappa shape index (κ2) is 9.78. The minimum absolute atomic E-state index is 0.0931. The number of aromatic nitrogens is 2. The van der Waals surface area contributed by atoms with Crippen molar-refractivity contribution in [3.05, 3.63) is 64.8 Å². The van der Waals surface area contributed by atoms with Gasteiger partial charge >= 0.3 is 0 Å². The Morgan fingerprint density at radius 3 is 2.69 bits per heavy atom. The Morgan fingerprint density at radius 2 is 2.00 bits per heavy atom. The number of halogens is 1. The molecule has 1 aliphatic rings. The fraction of sp³-hybridized carbons (Fsp3) is 0.296. The first-order valence-electron chi connectivity index (χ1n) is 12.1. The van der Waals surface area contributed by atoms with E-state index < -0.39 is 10.0 Å². The predicted molar refractivity (Wildman–Crippen MR) is 149 cm³/mol. The van der Waals surface area contributed by atoms with Crippen molar-refractivity contribution < 1.29 is 13.2 Å². The molecule has 1 fully saturated rings. The molecule has 3 N–H and O–H groups in total. The molecule has 7 nitrogen and oxygen atoms in total. The summed E-state index contributed by atoms with van der Waals surface area (Å²) >= 11 is 3.49. The van der Waals surface area contributed by atoms with Gasteiger partial charge < -0.3 is 15.0 Å². The summed E-state index contributed by atoms with van der Waals surface area (Å²) in [6.45, 7) is 4.70. The molecule has 0 atom stereocenters. The van der Waals surface area contributed by atoms with Crippen molar-refractivity contribution in [3.8, 4) is 22.9 Å². The number of ether oxygens (including phenoxy) is 1. The molecule has 1 saturated carbocycles. The average Bonchev–Trinajstić information content (AvgIpc) is 3.60. The van der Waals surface area contributed by atoms with E-state index in [0.29, 0.717) is 35.3 Å². The third-order valence-corrected chi connectivity index (χ3v) is 8.48. The van der Waals surface area contributed by atoms with Gasteiger partial charge in [-0.1, -0.05) is 13.0 Å². The van der Waals surface area contributed by atoms with Crippen molar-refractivity contribution >= 4 is 48.2 Å². The zero-order valence-corrected chi connectivity index (χ0v) is 22.7. The van der Waals surface area contributed by atoms with Crippen LogP contribution in [0.15, 0.2) is 59.2 Å². The van der Waals surface area contributed by atoms with E-state index in [2.05, 4.69) is 30.2 Å². The number of benzene rings is 2. The number of fused-ring (bicyclic) bond motifs is 1. The molecule has 36 heavy (non-hydrogen) atoms. The van der Waals surface area contributed by atoms with Crippen LogP contribution in [0.5, 0.6) is 11.6 Å². The summed E-state index contributed by atoms with van der Waals surface area (Å²) < 4.78 is 36.3. The summed E-state index contributed by atoms with van der Waals surface area (Å²) in [5, 5.41) is 0.963. The van der Waals surface area contributed by atoms with Crippen LogP contribution in [0.4, 0.5) is 11.4 Å². The van der Waals surface area contributed by atoms with Crippen LogP contribution in [0.1, 0.15) is 31.7 Å². The number of nitrogens with zero attached hydrogens (tertiary/aromatic N) is 2. The summed E-state index contributed by atoms with van der Waals surface area (Å²) in [5.41, 5.74) is 11.9. The number of rotatable bonds is 9.